The van der Waals surface area contributed by atoms with E-state index in [1.54, 1.807) is 12.1 Å². The molecular weight excluding hydrogens is 343 g/mol. The van der Waals surface area contributed by atoms with Gasteiger partial charge in [-0.2, -0.15) is 0 Å². The zero-order valence-corrected chi connectivity index (χ0v) is 15.3. The van der Waals surface area contributed by atoms with Crippen LogP contribution in [0.15, 0.2) is 17.6 Å². The van der Waals surface area contributed by atoms with Gasteiger partial charge in [0.25, 0.3) is 0 Å². The summed E-state index contributed by atoms with van der Waals surface area (Å²) in [6.07, 6.45) is 1.87. The number of nitrogens with two attached hydrogens (primary N) is 1. The van der Waals surface area contributed by atoms with Gasteiger partial charge in [-0.1, -0.05) is 40.9 Å². The Morgan fingerprint density at radius 3 is 1.95 bits per heavy atom. The lowest BCUT2D eigenvalue weighted by Gasteiger charge is -2.32. The second-order valence-corrected chi connectivity index (χ2v) is 7.50. The van der Waals surface area contributed by atoms with Crippen LogP contribution in [0.4, 0.5) is 0 Å². The van der Waals surface area contributed by atoms with Crippen molar-refractivity contribution in [1.29, 1.82) is 0 Å². The molecule has 22 heavy (non-hydrogen) atoms. The number of hydrogen-bond donors (Lipinski definition) is 1. The predicted octanol–water partition coefficient (Wildman–Crippen LogP) is 4.62. The van der Waals surface area contributed by atoms with Gasteiger partial charge in [0.2, 0.25) is 0 Å². The van der Waals surface area contributed by atoms with Gasteiger partial charge in [-0.3, -0.25) is 0 Å². The second-order valence-electron chi connectivity index (χ2n) is 6.31. The summed E-state index contributed by atoms with van der Waals surface area (Å²) in [5, 5.41) is 1.13. The summed E-state index contributed by atoms with van der Waals surface area (Å²) in [5.41, 5.74) is 6.65. The first-order valence-corrected chi connectivity index (χ1v) is 8.11. The lowest BCUT2D eigenvalue weighted by Crippen LogP contribution is -2.41. The Kier molecular flexibility index (Phi) is 5.23. The minimum atomic E-state index is -0.497. The summed E-state index contributed by atoms with van der Waals surface area (Å²) in [6, 6.07) is 3.47. The molecule has 0 aromatic heterocycles. The highest BCUT2D eigenvalue weighted by Crippen LogP contribution is 2.39. The van der Waals surface area contributed by atoms with Crippen molar-refractivity contribution in [3.8, 4) is 0 Å². The summed E-state index contributed by atoms with van der Waals surface area (Å²) < 4.78 is 12.0. The van der Waals surface area contributed by atoms with Gasteiger partial charge < -0.3 is 15.0 Å². The van der Waals surface area contributed by atoms with Crippen molar-refractivity contribution >= 4 is 48.0 Å². The Morgan fingerprint density at radius 1 is 1.09 bits per heavy atom. The van der Waals surface area contributed by atoms with Crippen LogP contribution in [0.2, 0.25) is 15.1 Å². The third kappa shape index (κ3) is 3.48. The molecule has 1 aliphatic heterocycles. The summed E-state index contributed by atoms with van der Waals surface area (Å²) >= 11 is 18.1. The van der Waals surface area contributed by atoms with Crippen molar-refractivity contribution in [1.82, 2.24) is 0 Å². The average Bonchev–Trinajstić information content (AvgIpc) is 2.61. The molecule has 0 radical (unpaired) electrons. The Labute approximate surface area is 146 Å². The van der Waals surface area contributed by atoms with E-state index >= 15 is 0 Å². The van der Waals surface area contributed by atoms with Gasteiger partial charge >= 0.3 is 7.12 Å². The van der Waals surface area contributed by atoms with Crippen molar-refractivity contribution in [3.63, 3.8) is 0 Å². The zero-order chi connectivity index (χ0) is 16.7. The van der Waals surface area contributed by atoms with Crippen molar-refractivity contribution in [2.75, 3.05) is 6.54 Å². The van der Waals surface area contributed by atoms with Crippen LogP contribution in [0, 0.1) is 0 Å². The average molecular weight is 362 g/mol. The highest BCUT2D eigenvalue weighted by Gasteiger charge is 2.52. The smallest absolute Gasteiger partial charge is 0.400 e. The van der Waals surface area contributed by atoms with Gasteiger partial charge in [0.1, 0.15) is 0 Å². The molecular formula is C15H19BCl3NO2. The highest BCUT2D eigenvalue weighted by atomic mass is 35.5. The van der Waals surface area contributed by atoms with E-state index in [0.29, 0.717) is 21.6 Å². The molecule has 1 aliphatic rings. The molecule has 2 N–H and O–H groups in total. The second kappa shape index (κ2) is 6.35. The van der Waals surface area contributed by atoms with E-state index in [0.717, 1.165) is 11.0 Å². The molecule has 1 aromatic carbocycles. The standard InChI is InChI=1S/C15H19BCl3NO2/c1-14(2)15(3,4)22-16(21-14)10(8-20)5-9-6-11(17)13(19)12(18)7-9/h5-7H,8,20H2,1-4H3. The molecule has 0 amide bonds. The van der Waals surface area contributed by atoms with Gasteiger partial charge in [0.05, 0.1) is 26.3 Å². The SMILES string of the molecule is CC1(C)OB(C(=Cc2cc(Cl)c(Cl)c(Cl)c2)CN)OC1(C)C. The Bertz CT molecular complexity index is 578. The molecule has 0 bridgehead atoms. The molecule has 1 aromatic rings. The van der Waals surface area contributed by atoms with Crippen LogP contribution in [-0.2, 0) is 9.31 Å². The van der Waals surface area contributed by atoms with Crippen molar-refractivity contribution in [2.24, 2.45) is 5.73 Å². The first-order chi connectivity index (χ1) is 10.1. The molecule has 3 nitrogen and oxygen atoms in total. The lowest BCUT2D eigenvalue weighted by atomic mass is 9.77. The number of hydrogen-bond acceptors (Lipinski definition) is 3. The van der Waals surface area contributed by atoms with E-state index in [4.69, 9.17) is 49.8 Å². The Balaban J connectivity index is 2.34. The molecule has 0 unspecified atom stereocenters. The number of halogens is 3. The van der Waals surface area contributed by atoms with Crippen molar-refractivity contribution in [2.45, 2.75) is 38.9 Å². The maximum absolute atomic E-state index is 6.06. The molecule has 7 heteroatoms. The van der Waals surface area contributed by atoms with Crippen LogP contribution < -0.4 is 5.73 Å². The summed E-state index contributed by atoms with van der Waals surface area (Å²) in [7, 11) is -0.497. The zero-order valence-electron chi connectivity index (χ0n) is 13.0. The van der Waals surface area contributed by atoms with E-state index in [9.17, 15) is 0 Å². The third-order valence-corrected chi connectivity index (χ3v) is 5.35. The van der Waals surface area contributed by atoms with E-state index in [1.165, 1.54) is 0 Å². The fraction of sp³-hybridized carbons (Fsp3) is 0.467. The maximum Gasteiger partial charge on any atom is 0.491 e. The Hall–Kier alpha value is -0.225. The topological polar surface area (TPSA) is 44.5 Å². The van der Waals surface area contributed by atoms with E-state index in [-0.39, 0.29) is 0 Å². The highest BCUT2D eigenvalue weighted by molar-refractivity contribution is 6.56. The van der Waals surface area contributed by atoms with Crippen molar-refractivity contribution < 1.29 is 9.31 Å². The Morgan fingerprint density at radius 2 is 1.55 bits per heavy atom. The van der Waals surface area contributed by atoms with E-state index in [2.05, 4.69) is 0 Å². The maximum atomic E-state index is 6.06. The quantitative estimate of drug-likeness (QED) is 0.630. The summed E-state index contributed by atoms with van der Waals surface area (Å²) in [4.78, 5) is 0. The fourth-order valence-corrected chi connectivity index (χ4v) is 2.70. The third-order valence-electron chi connectivity index (χ3n) is 4.15. The minimum absolute atomic E-state index is 0.300. The molecule has 0 saturated carbocycles. The number of benzene rings is 1. The van der Waals surface area contributed by atoms with Crippen LogP contribution in [0.1, 0.15) is 33.3 Å². The fourth-order valence-electron chi connectivity index (χ4n) is 2.09. The van der Waals surface area contributed by atoms with E-state index in [1.807, 2.05) is 33.8 Å². The molecule has 2 rings (SSSR count). The summed E-state index contributed by atoms with van der Waals surface area (Å²) in [6.45, 7) is 8.29. The van der Waals surface area contributed by atoms with Gasteiger partial charge in [0.15, 0.2) is 0 Å². The van der Waals surface area contributed by atoms with Gasteiger partial charge in [-0.25, -0.2) is 0 Å². The molecule has 1 heterocycles. The number of rotatable bonds is 3. The first kappa shape index (κ1) is 18.1. The van der Waals surface area contributed by atoms with Gasteiger partial charge in [-0.05, 0) is 50.9 Å². The van der Waals surface area contributed by atoms with Gasteiger partial charge in [0, 0.05) is 6.54 Å². The van der Waals surface area contributed by atoms with Crippen LogP contribution in [0.3, 0.4) is 0 Å². The lowest BCUT2D eigenvalue weighted by molar-refractivity contribution is 0.00578. The molecule has 0 aliphatic carbocycles. The molecule has 120 valence electrons. The minimum Gasteiger partial charge on any atom is -0.400 e. The van der Waals surface area contributed by atoms with Crippen molar-refractivity contribution in [3.05, 3.63) is 38.2 Å². The largest absolute Gasteiger partial charge is 0.491 e. The molecule has 0 atom stereocenters. The van der Waals surface area contributed by atoms with E-state index < -0.39 is 18.3 Å². The molecule has 0 spiro atoms. The van der Waals surface area contributed by atoms with Crippen LogP contribution >= 0.6 is 34.8 Å². The van der Waals surface area contributed by atoms with Crippen LogP contribution in [-0.4, -0.2) is 24.9 Å². The predicted molar refractivity (Wildman–Crippen MR) is 94.6 cm³/mol. The monoisotopic (exact) mass is 361 g/mol. The van der Waals surface area contributed by atoms with Crippen LogP contribution in [0.5, 0.6) is 0 Å². The summed E-state index contributed by atoms with van der Waals surface area (Å²) in [5.74, 6) is 0. The molecule has 1 saturated heterocycles. The normalized spacial score (nSPS) is 20.5. The molecule has 1 fully saturated rings. The van der Waals surface area contributed by atoms with Gasteiger partial charge in [-0.15, -0.1) is 0 Å². The van der Waals surface area contributed by atoms with Crippen LogP contribution in [0.25, 0.3) is 6.08 Å². The first-order valence-electron chi connectivity index (χ1n) is 6.98.